The van der Waals surface area contributed by atoms with Crippen LogP contribution in [0.2, 0.25) is 0 Å². The van der Waals surface area contributed by atoms with E-state index in [1.165, 1.54) is 13.0 Å². The number of guanidine groups is 1. The number of nitrogen functional groups attached to an aromatic ring is 1. The van der Waals surface area contributed by atoms with Crippen molar-refractivity contribution < 1.29 is 39.1 Å². The van der Waals surface area contributed by atoms with Crippen molar-refractivity contribution in [3.8, 4) is 40.6 Å². The molecule has 0 radical (unpaired) electrons. The minimum Gasteiger partial charge on any atom is -0.504 e. The van der Waals surface area contributed by atoms with Gasteiger partial charge in [-0.15, -0.1) is 0 Å². The summed E-state index contributed by atoms with van der Waals surface area (Å²) in [5.74, 6) is 7.29. The number of aliphatic imine (C=N–C) groups is 1. The number of allylic oxidation sites excluding steroid dienone is 1. The van der Waals surface area contributed by atoms with Gasteiger partial charge in [0.2, 0.25) is 5.75 Å². The van der Waals surface area contributed by atoms with Crippen LogP contribution in [0.4, 0.5) is 5.82 Å². The van der Waals surface area contributed by atoms with E-state index in [1.807, 2.05) is 36.4 Å². The maximum atomic E-state index is 12.7. The second-order valence-corrected chi connectivity index (χ2v) is 17.7. The van der Waals surface area contributed by atoms with Crippen LogP contribution in [0.5, 0.6) is 28.7 Å². The smallest absolute Gasteiger partial charge is 0.302 e. The molecule has 14 nitrogen and oxygen atoms in total. The van der Waals surface area contributed by atoms with Crippen LogP contribution in [0.25, 0.3) is 0 Å². The number of rotatable bonds is 10. The molecule has 2 aromatic heterocycles. The number of benzene rings is 2. The number of ether oxygens (including phenoxy) is 4. The van der Waals surface area contributed by atoms with Gasteiger partial charge >= 0.3 is 5.97 Å². The number of anilines is 1. The normalized spacial score (nSPS) is 27.9. The summed E-state index contributed by atoms with van der Waals surface area (Å²) >= 11 is 0. The molecule has 2 aromatic carbocycles. The van der Waals surface area contributed by atoms with Crippen molar-refractivity contribution in [1.82, 2.24) is 20.6 Å². The first-order valence-corrected chi connectivity index (χ1v) is 22.5. The molecule has 2 fully saturated rings. The van der Waals surface area contributed by atoms with Gasteiger partial charge in [0.15, 0.2) is 29.0 Å². The Morgan fingerprint density at radius 2 is 1.94 bits per heavy atom. The molecule has 1 saturated heterocycles. The van der Waals surface area contributed by atoms with E-state index >= 15 is 0 Å². The van der Waals surface area contributed by atoms with Crippen molar-refractivity contribution >= 4 is 17.7 Å². The lowest BCUT2D eigenvalue weighted by atomic mass is 9.67. The fourth-order valence-electron chi connectivity index (χ4n) is 10.2. The molecule has 0 amide bonds. The van der Waals surface area contributed by atoms with Crippen molar-refractivity contribution in [2.45, 2.75) is 94.7 Å². The summed E-state index contributed by atoms with van der Waals surface area (Å²) in [6.07, 6.45) is 14.0. The van der Waals surface area contributed by atoms with E-state index in [2.05, 4.69) is 44.6 Å². The lowest BCUT2D eigenvalue weighted by molar-refractivity contribution is -0.179. The van der Waals surface area contributed by atoms with Crippen molar-refractivity contribution in [2.24, 2.45) is 28.7 Å². The number of pyridine rings is 2. The highest BCUT2D eigenvalue weighted by atomic mass is 16.6. The zero-order chi connectivity index (χ0) is 44.2. The average molecular weight is 869 g/mol. The van der Waals surface area contributed by atoms with Crippen LogP contribution in [0.1, 0.15) is 73.8 Å². The number of aromatic hydroxyl groups is 3. The quantitative estimate of drug-likeness (QED) is 0.0352. The molecule has 2 aliphatic carbocycles. The Morgan fingerprint density at radius 1 is 1.03 bits per heavy atom. The maximum Gasteiger partial charge on any atom is 0.302 e. The highest BCUT2D eigenvalue weighted by Crippen LogP contribution is 2.49. The second-order valence-electron chi connectivity index (χ2n) is 17.7. The van der Waals surface area contributed by atoms with E-state index in [0.717, 1.165) is 67.7 Å². The van der Waals surface area contributed by atoms with E-state index in [4.69, 9.17) is 29.7 Å². The van der Waals surface area contributed by atoms with Crippen LogP contribution in [0.15, 0.2) is 90.3 Å². The van der Waals surface area contributed by atoms with Gasteiger partial charge < -0.3 is 50.6 Å². The number of phenols is 3. The first-order valence-electron chi connectivity index (χ1n) is 22.5. The topological polar surface area (TPSA) is 203 Å². The Kier molecular flexibility index (Phi) is 12.5. The number of nitrogens with one attached hydrogen (secondary N) is 2. The molecule has 9 rings (SSSR count). The number of fused-ring (bicyclic) bond motifs is 7. The number of hydrogen-bond donors (Lipinski definition) is 6. The van der Waals surface area contributed by atoms with Crippen LogP contribution in [0.3, 0.4) is 0 Å². The Morgan fingerprint density at radius 3 is 2.78 bits per heavy atom. The maximum absolute atomic E-state index is 12.7. The number of hydrogen-bond acceptors (Lipinski definition) is 14. The van der Waals surface area contributed by atoms with Crippen LogP contribution in [-0.2, 0) is 33.5 Å². The lowest BCUT2D eigenvalue weighted by Crippen LogP contribution is -2.64. The zero-order valence-electron chi connectivity index (χ0n) is 36.0. The summed E-state index contributed by atoms with van der Waals surface area (Å²) < 4.78 is 25.9. The fraction of sp³-hybridized carbons (Fsp3) is 0.440. The molecular formula is C50H56N6O8. The van der Waals surface area contributed by atoms with Gasteiger partial charge in [0.25, 0.3) is 0 Å². The third-order valence-corrected chi connectivity index (χ3v) is 13.4. The zero-order valence-corrected chi connectivity index (χ0v) is 36.0. The number of carbonyl (C=O) groups is 1. The van der Waals surface area contributed by atoms with Gasteiger partial charge in [0, 0.05) is 69.2 Å². The van der Waals surface area contributed by atoms with Gasteiger partial charge in [-0.3, -0.25) is 14.8 Å². The molecule has 5 heterocycles. The average Bonchev–Trinajstić information content (AvgIpc) is 3.30. The molecular weight excluding hydrogens is 813 g/mol. The van der Waals surface area contributed by atoms with Crippen molar-refractivity contribution in [3.05, 3.63) is 108 Å². The number of aryl methyl sites for hydroxylation is 1. The number of aromatic nitrogens is 2. The molecule has 5 aliphatic rings. The Hall–Kier alpha value is -6.46. The summed E-state index contributed by atoms with van der Waals surface area (Å²) in [7, 11) is 0. The SMILES string of the molecule is CC(=O)O[C@H]1C[C@@H](c2cc(O)c(O)c(OCCc3cccnc3)c2)O[C@@H]2[C@@H]1C=C[C@@H]1C#C[C@H]3[C@@H](CCC[C@]34CCN=C(NCCCc3ccnc(N)c3)N4)Oc3cc(ccc3O)C[C@@H]21. The van der Waals surface area contributed by atoms with Gasteiger partial charge in [-0.2, -0.15) is 0 Å². The largest absolute Gasteiger partial charge is 0.504 e. The number of carbonyl (C=O) groups excluding carboxylic acids is 1. The lowest BCUT2D eigenvalue weighted by Gasteiger charge is -2.48. The molecule has 4 aromatic rings. The molecule has 64 heavy (non-hydrogen) atoms. The molecule has 1 spiro atoms. The van der Waals surface area contributed by atoms with Crippen molar-refractivity contribution in [3.63, 3.8) is 0 Å². The Labute approximate surface area is 373 Å². The van der Waals surface area contributed by atoms with Crippen LogP contribution in [-0.4, -0.2) is 80.8 Å². The summed E-state index contributed by atoms with van der Waals surface area (Å²) in [6, 6.07) is 16.4. The van der Waals surface area contributed by atoms with Crippen molar-refractivity contribution in [1.29, 1.82) is 0 Å². The van der Waals surface area contributed by atoms with E-state index in [0.29, 0.717) is 42.9 Å². The summed E-state index contributed by atoms with van der Waals surface area (Å²) in [5.41, 5.74) is 9.12. The Balaban J connectivity index is 1.00. The van der Waals surface area contributed by atoms with Gasteiger partial charge in [0.1, 0.15) is 18.0 Å². The molecule has 0 unspecified atom stereocenters. The molecule has 9 atom stereocenters. The molecule has 334 valence electrons. The number of nitrogens with zero attached hydrogens (tertiary/aromatic N) is 3. The minimum absolute atomic E-state index is 0.0678. The van der Waals surface area contributed by atoms with Crippen molar-refractivity contribution in [2.75, 3.05) is 25.4 Å². The molecule has 14 heteroatoms. The van der Waals surface area contributed by atoms with Crippen LogP contribution >= 0.6 is 0 Å². The monoisotopic (exact) mass is 868 g/mol. The number of nitrogens with two attached hydrogens (primary N) is 1. The highest BCUT2D eigenvalue weighted by Gasteiger charge is 2.50. The van der Waals surface area contributed by atoms with Crippen LogP contribution < -0.4 is 25.8 Å². The first-order chi connectivity index (χ1) is 31.1. The molecule has 7 N–H and O–H groups in total. The number of esters is 1. The number of phenolic OH excluding ortho intramolecular Hbond substituents is 3. The standard InChI is InChI=1S/C50H56N6O8/c1-30(57)62-43-28-42(35-26-40(59)47(60)45(27-35)61-22-15-32-6-3-18-52-29-32)64-48-36(43)11-9-34-10-12-38-41(63-44-24-33(23-37(34)48)8-13-39(44)58)7-2-16-50(38)17-21-55-49(56-50)54-19-4-5-31-14-20-53-46(51)25-31/h3,6,8-9,11,13-14,18,20,24-27,29,34,36-38,41-43,48,58-60H,2,4-5,7,15-17,19,21-23,28H2,1H3,(H2,51,53)(H2,54,55,56)/t34-,36-,37-,38+,41-,42+,43+,48-,50+/m1/s1. The molecule has 1 saturated carbocycles. The molecule has 3 aliphatic heterocycles. The predicted octanol–water partition coefficient (Wildman–Crippen LogP) is 6.09. The van der Waals surface area contributed by atoms with Gasteiger partial charge in [-0.1, -0.05) is 36.1 Å². The minimum atomic E-state index is -0.625. The highest BCUT2D eigenvalue weighted by molar-refractivity contribution is 5.81. The third kappa shape index (κ3) is 9.40. The van der Waals surface area contributed by atoms with Gasteiger partial charge in [0.05, 0.1) is 30.3 Å². The Bertz CT molecular complexity index is 2450. The fourth-order valence-corrected chi connectivity index (χ4v) is 10.2. The molecule has 2 bridgehead atoms. The van der Waals surface area contributed by atoms with E-state index in [-0.39, 0.29) is 59.4 Å². The summed E-state index contributed by atoms with van der Waals surface area (Å²) in [4.78, 5) is 25.8. The van der Waals surface area contributed by atoms with E-state index < -0.39 is 29.8 Å². The predicted molar refractivity (Wildman–Crippen MR) is 240 cm³/mol. The van der Waals surface area contributed by atoms with Gasteiger partial charge in [-0.05, 0) is 110 Å². The third-order valence-electron chi connectivity index (χ3n) is 13.4. The first kappa shape index (κ1) is 42.8. The second kappa shape index (κ2) is 18.7. The summed E-state index contributed by atoms with van der Waals surface area (Å²) in [5, 5.41) is 40.4. The van der Waals surface area contributed by atoms with E-state index in [1.54, 1.807) is 30.7 Å². The van der Waals surface area contributed by atoms with Gasteiger partial charge in [-0.25, -0.2) is 4.98 Å². The van der Waals surface area contributed by atoms with Crippen LogP contribution in [0, 0.1) is 35.5 Å². The van der Waals surface area contributed by atoms with E-state index in [9.17, 15) is 20.1 Å². The summed E-state index contributed by atoms with van der Waals surface area (Å²) in [6.45, 7) is 3.01.